The van der Waals surface area contributed by atoms with Gasteiger partial charge >= 0.3 is 0 Å². The van der Waals surface area contributed by atoms with Crippen molar-refractivity contribution in [1.29, 1.82) is 0 Å². The molecule has 1 aromatic rings. The van der Waals surface area contributed by atoms with E-state index in [1.807, 2.05) is 29.3 Å². The van der Waals surface area contributed by atoms with E-state index in [0.717, 1.165) is 23.0 Å². The van der Waals surface area contributed by atoms with Crippen LogP contribution in [0.1, 0.15) is 43.3 Å². The Labute approximate surface area is 107 Å². The molecule has 0 amide bonds. The lowest BCUT2D eigenvalue weighted by Crippen LogP contribution is -2.07. The van der Waals surface area contributed by atoms with Gasteiger partial charge < -0.3 is 0 Å². The topological polar surface area (TPSA) is 17.1 Å². The van der Waals surface area contributed by atoms with Crippen LogP contribution in [0.3, 0.4) is 0 Å². The van der Waals surface area contributed by atoms with Crippen LogP contribution >= 0.6 is 23.1 Å². The number of thiophene rings is 1. The van der Waals surface area contributed by atoms with Crippen LogP contribution in [0.15, 0.2) is 17.5 Å². The summed E-state index contributed by atoms with van der Waals surface area (Å²) in [4.78, 5) is 12.6. The van der Waals surface area contributed by atoms with Crippen molar-refractivity contribution in [2.24, 2.45) is 5.92 Å². The van der Waals surface area contributed by atoms with Crippen molar-refractivity contribution in [3.63, 3.8) is 0 Å². The fraction of sp³-hybridized carbons (Fsp3) is 0.615. The second-order valence-corrected chi connectivity index (χ2v) is 6.76. The fourth-order valence-electron chi connectivity index (χ4n) is 1.25. The average Bonchev–Trinajstić information content (AvgIpc) is 2.76. The molecule has 0 aliphatic heterocycles. The lowest BCUT2D eigenvalue weighted by Gasteiger charge is -2.14. The van der Waals surface area contributed by atoms with Crippen LogP contribution in [0.5, 0.6) is 0 Å². The van der Waals surface area contributed by atoms with E-state index in [-0.39, 0.29) is 0 Å². The maximum absolute atomic E-state index is 11.7. The number of carbonyl (C=O) groups excluding carboxylic acids is 1. The lowest BCUT2D eigenvalue weighted by atomic mass is 10.2. The zero-order chi connectivity index (χ0) is 12.0. The van der Waals surface area contributed by atoms with E-state index in [2.05, 4.69) is 20.8 Å². The predicted molar refractivity (Wildman–Crippen MR) is 74.6 cm³/mol. The summed E-state index contributed by atoms with van der Waals surface area (Å²) in [5.41, 5.74) is 0. The normalized spacial score (nSPS) is 13.0. The Balaban J connectivity index is 2.14. The van der Waals surface area contributed by atoms with Crippen LogP contribution in [0.25, 0.3) is 0 Å². The highest BCUT2D eigenvalue weighted by Crippen LogP contribution is 2.20. The Hall–Kier alpha value is -0.280. The number of hydrogen-bond acceptors (Lipinski definition) is 3. The minimum atomic E-state index is 0.299. The summed E-state index contributed by atoms with van der Waals surface area (Å²) in [6.45, 7) is 6.75. The second-order valence-electron chi connectivity index (χ2n) is 4.32. The second kappa shape index (κ2) is 7.13. The fourth-order valence-corrected chi connectivity index (χ4v) is 3.02. The minimum Gasteiger partial charge on any atom is -0.293 e. The van der Waals surface area contributed by atoms with Crippen molar-refractivity contribution in [2.75, 3.05) is 5.75 Å². The quantitative estimate of drug-likeness (QED) is 0.528. The van der Waals surface area contributed by atoms with Crippen molar-refractivity contribution >= 4 is 28.9 Å². The van der Waals surface area contributed by atoms with Crippen molar-refractivity contribution in [1.82, 2.24) is 0 Å². The van der Waals surface area contributed by atoms with E-state index >= 15 is 0 Å². The Morgan fingerprint density at radius 3 is 2.75 bits per heavy atom. The first-order valence-corrected chi connectivity index (χ1v) is 7.72. The van der Waals surface area contributed by atoms with Crippen LogP contribution in [-0.4, -0.2) is 16.8 Å². The molecule has 1 nitrogen and oxygen atoms in total. The van der Waals surface area contributed by atoms with E-state index in [0.29, 0.717) is 17.5 Å². The molecule has 0 radical (unpaired) electrons. The summed E-state index contributed by atoms with van der Waals surface area (Å²) in [6, 6.07) is 3.85. The molecule has 0 saturated heterocycles. The van der Waals surface area contributed by atoms with Gasteiger partial charge in [0.05, 0.1) is 4.88 Å². The SMILES string of the molecule is CC(C)C(C)SCCCC(=O)c1cccs1. The number of Topliss-reactive ketones (excluding diaryl/α,β-unsaturated/α-hetero) is 1. The molecule has 0 fully saturated rings. The highest BCUT2D eigenvalue weighted by atomic mass is 32.2. The zero-order valence-corrected chi connectivity index (χ0v) is 11.9. The maximum Gasteiger partial charge on any atom is 0.172 e. The van der Waals surface area contributed by atoms with Crippen LogP contribution in [0.4, 0.5) is 0 Å². The van der Waals surface area contributed by atoms with E-state index in [9.17, 15) is 4.79 Å². The first-order chi connectivity index (χ1) is 7.61. The molecule has 0 aliphatic carbocycles. The Morgan fingerprint density at radius 1 is 1.44 bits per heavy atom. The van der Waals surface area contributed by atoms with Gasteiger partial charge in [-0.05, 0) is 29.5 Å². The number of carbonyl (C=O) groups is 1. The summed E-state index contributed by atoms with van der Waals surface area (Å²) in [7, 11) is 0. The van der Waals surface area contributed by atoms with Crippen molar-refractivity contribution in [3.8, 4) is 0 Å². The predicted octanol–water partition coefficient (Wildman–Crippen LogP) is 4.49. The first kappa shape index (κ1) is 13.8. The van der Waals surface area contributed by atoms with E-state index < -0.39 is 0 Å². The maximum atomic E-state index is 11.7. The minimum absolute atomic E-state index is 0.299. The van der Waals surface area contributed by atoms with Crippen LogP contribution < -0.4 is 0 Å². The Kier molecular flexibility index (Phi) is 6.14. The largest absolute Gasteiger partial charge is 0.293 e. The van der Waals surface area contributed by atoms with Gasteiger partial charge in [-0.3, -0.25) is 4.79 Å². The molecular weight excluding hydrogens is 236 g/mol. The summed E-state index contributed by atoms with van der Waals surface area (Å²) < 4.78 is 0. The molecule has 0 spiro atoms. The molecular formula is C13H20OS2. The monoisotopic (exact) mass is 256 g/mol. The molecule has 0 bridgehead atoms. The van der Waals surface area contributed by atoms with Gasteiger partial charge in [0, 0.05) is 11.7 Å². The number of rotatable bonds is 7. The number of thioether (sulfide) groups is 1. The standard InChI is InChI=1S/C13H20OS2/c1-10(2)11(3)15-8-4-6-12(14)13-7-5-9-16-13/h5,7,9-11H,4,6,8H2,1-3H3. The highest BCUT2D eigenvalue weighted by molar-refractivity contribution is 7.99. The van der Waals surface area contributed by atoms with Crippen molar-refractivity contribution in [3.05, 3.63) is 22.4 Å². The molecule has 3 heteroatoms. The Bertz CT molecular complexity index is 304. The van der Waals surface area contributed by atoms with Gasteiger partial charge in [-0.25, -0.2) is 0 Å². The van der Waals surface area contributed by atoms with Crippen LogP contribution in [0, 0.1) is 5.92 Å². The molecule has 16 heavy (non-hydrogen) atoms. The van der Waals surface area contributed by atoms with Gasteiger partial charge in [0.2, 0.25) is 0 Å². The van der Waals surface area contributed by atoms with Gasteiger partial charge in [-0.15, -0.1) is 11.3 Å². The number of hydrogen-bond donors (Lipinski definition) is 0. The lowest BCUT2D eigenvalue weighted by molar-refractivity contribution is 0.0986. The molecule has 1 rings (SSSR count). The average molecular weight is 256 g/mol. The molecule has 0 aromatic carbocycles. The van der Waals surface area contributed by atoms with E-state index in [1.165, 1.54) is 0 Å². The van der Waals surface area contributed by atoms with Gasteiger partial charge in [0.25, 0.3) is 0 Å². The van der Waals surface area contributed by atoms with Crippen molar-refractivity contribution < 1.29 is 4.79 Å². The summed E-state index contributed by atoms with van der Waals surface area (Å²) in [6.07, 6.45) is 1.69. The summed E-state index contributed by atoms with van der Waals surface area (Å²) in [5, 5.41) is 2.65. The van der Waals surface area contributed by atoms with Gasteiger partial charge in [-0.1, -0.05) is 26.8 Å². The molecule has 1 unspecified atom stereocenters. The highest BCUT2D eigenvalue weighted by Gasteiger charge is 2.09. The first-order valence-electron chi connectivity index (χ1n) is 5.79. The van der Waals surface area contributed by atoms with Crippen molar-refractivity contribution in [2.45, 2.75) is 38.9 Å². The van der Waals surface area contributed by atoms with Gasteiger partial charge in [0.15, 0.2) is 5.78 Å². The smallest absolute Gasteiger partial charge is 0.172 e. The molecule has 0 N–H and O–H groups in total. The van der Waals surface area contributed by atoms with Crippen LogP contribution in [-0.2, 0) is 0 Å². The molecule has 1 aromatic heterocycles. The molecule has 0 aliphatic rings. The van der Waals surface area contributed by atoms with Gasteiger partial charge in [-0.2, -0.15) is 11.8 Å². The van der Waals surface area contributed by atoms with E-state index in [4.69, 9.17) is 0 Å². The molecule has 90 valence electrons. The third kappa shape index (κ3) is 4.71. The molecule has 1 heterocycles. The zero-order valence-electron chi connectivity index (χ0n) is 10.2. The van der Waals surface area contributed by atoms with Crippen LogP contribution in [0.2, 0.25) is 0 Å². The van der Waals surface area contributed by atoms with E-state index in [1.54, 1.807) is 11.3 Å². The third-order valence-corrected chi connectivity index (χ3v) is 5.17. The molecule has 1 atom stereocenters. The van der Waals surface area contributed by atoms with Gasteiger partial charge in [0.1, 0.15) is 0 Å². The third-order valence-electron chi connectivity index (χ3n) is 2.66. The summed E-state index contributed by atoms with van der Waals surface area (Å²) in [5.74, 6) is 2.11. The number of ketones is 1. The Morgan fingerprint density at radius 2 is 2.19 bits per heavy atom. The molecule has 0 saturated carbocycles. The summed E-state index contributed by atoms with van der Waals surface area (Å²) >= 11 is 3.52.